The Labute approximate surface area is 97.2 Å². The van der Waals surface area contributed by atoms with Crippen molar-refractivity contribution in [2.75, 3.05) is 6.54 Å². The fourth-order valence-corrected chi connectivity index (χ4v) is 2.12. The molecule has 0 bridgehead atoms. The predicted molar refractivity (Wildman–Crippen MR) is 62.6 cm³/mol. The third-order valence-electron chi connectivity index (χ3n) is 3.22. The molecule has 4 heteroatoms. The molecule has 1 saturated carbocycles. The topological polar surface area (TPSA) is 62.0 Å². The molecule has 1 aliphatic carbocycles. The van der Waals surface area contributed by atoms with E-state index in [9.17, 15) is 4.79 Å². The SMILES string of the molecule is CC(N=NCCC1CCCCCC1)C(=O)O. The molecule has 1 fully saturated rings. The van der Waals surface area contributed by atoms with Gasteiger partial charge in [0.15, 0.2) is 6.04 Å². The Balaban J connectivity index is 2.16. The van der Waals surface area contributed by atoms with Crippen molar-refractivity contribution in [3.05, 3.63) is 0 Å². The minimum Gasteiger partial charge on any atom is -0.480 e. The van der Waals surface area contributed by atoms with Crippen molar-refractivity contribution < 1.29 is 9.90 Å². The summed E-state index contributed by atoms with van der Waals surface area (Å²) in [5, 5.41) is 16.3. The van der Waals surface area contributed by atoms with Crippen molar-refractivity contribution in [1.82, 2.24) is 0 Å². The van der Waals surface area contributed by atoms with Gasteiger partial charge < -0.3 is 5.11 Å². The summed E-state index contributed by atoms with van der Waals surface area (Å²) >= 11 is 0. The lowest BCUT2D eigenvalue weighted by molar-refractivity contribution is -0.138. The van der Waals surface area contributed by atoms with Gasteiger partial charge in [-0.15, -0.1) is 0 Å². The second kappa shape index (κ2) is 7.36. The van der Waals surface area contributed by atoms with Crippen molar-refractivity contribution in [3.63, 3.8) is 0 Å². The van der Waals surface area contributed by atoms with Crippen molar-refractivity contribution in [2.24, 2.45) is 16.1 Å². The number of hydrogen-bond acceptors (Lipinski definition) is 3. The molecule has 1 unspecified atom stereocenters. The summed E-state index contributed by atoms with van der Waals surface area (Å²) in [5.41, 5.74) is 0. The smallest absolute Gasteiger partial charge is 0.330 e. The van der Waals surface area contributed by atoms with Crippen molar-refractivity contribution in [1.29, 1.82) is 0 Å². The second-order valence-electron chi connectivity index (χ2n) is 4.64. The minimum atomic E-state index is -0.904. The van der Waals surface area contributed by atoms with E-state index in [4.69, 9.17) is 5.11 Å². The van der Waals surface area contributed by atoms with Gasteiger partial charge in [-0.1, -0.05) is 38.5 Å². The first-order valence-electron chi connectivity index (χ1n) is 6.29. The Hall–Kier alpha value is -0.930. The zero-order chi connectivity index (χ0) is 11.8. The van der Waals surface area contributed by atoms with Crippen LogP contribution in [0.1, 0.15) is 51.9 Å². The molecule has 92 valence electrons. The Morgan fingerprint density at radius 1 is 1.31 bits per heavy atom. The van der Waals surface area contributed by atoms with E-state index in [1.807, 2.05) is 0 Å². The Morgan fingerprint density at radius 3 is 2.50 bits per heavy atom. The number of azo groups is 1. The lowest BCUT2D eigenvalue weighted by atomic mass is 9.97. The average molecular weight is 226 g/mol. The number of carboxylic acid groups (broad SMARTS) is 1. The lowest BCUT2D eigenvalue weighted by Crippen LogP contribution is -2.12. The summed E-state index contributed by atoms with van der Waals surface area (Å²) < 4.78 is 0. The first kappa shape index (κ1) is 13.1. The van der Waals surface area contributed by atoms with E-state index in [2.05, 4.69) is 10.2 Å². The molecular formula is C12H22N2O2. The minimum absolute atomic E-state index is 0.683. The molecule has 0 aliphatic heterocycles. The summed E-state index contributed by atoms with van der Waals surface area (Å²) in [6.07, 6.45) is 9.10. The van der Waals surface area contributed by atoms with Crippen LogP contribution in [0.2, 0.25) is 0 Å². The molecule has 0 aromatic rings. The Bertz CT molecular complexity index is 233. The van der Waals surface area contributed by atoms with Gasteiger partial charge in [0.2, 0.25) is 0 Å². The van der Waals surface area contributed by atoms with Crippen LogP contribution < -0.4 is 0 Å². The maximum atomic E-state index is 10.5. The van der Waals surface area contributed by atoms with E-state index >= 15 is 0 Å². The summed E-state index contributed by atoms with van der Waals surface area (Å²) in [6.45, 7) is 2.24. The van der Waals surface area contributed by atoms with Gasteiger partial charge in [-0.05, 0) is 19.3 Å². The molecule has 0 radical (unpaired) electrons. The quantitative estimate of drug-likeness (QED) is 0.577. The standard InChI is InChI=1S/C12H22N2O2/c1-10(12(15)16)14-13-9-8-11-6-4-2-3-5-7-11/h10-11H,2-9H2,1H3,(H,15,16). The van der Waals surface area contributed by atoms with Crippen LogP contribution in [0.4, 0.5) is 0 Å². The zero-order valence-electron chi connectivity index (χ0n) is 10.1. The maximum Gasteiger partial charge on any atom is 0.330 e. The van der Waals surface area contributed by atoms with Crippen LogP contribution in [-0.4, -0.2) is 23.7 Å². The summed E-state index contributed by atoms with van der Waals surface area (Å²) in [4.78, 5) is 10.5. The molecule has 0 amide bonds. The van der Waals surface area contributed by atoms with E-state index in [-0.39, 0.29) is 0 Å². The van der Waals surface area contributed by atoms with Gasteiger partial charge in [-0.3, -0.25) is 0 Å². The van der Waals surface area contributed by atoms with Gasteiger partial charge >= 0.3 is 5.97 Å². The van der Waals surface area contributed by atoms with Gasteiger partial charge in [0.05, 0.1) is 6.54 Å². The number of hydrogen-bond donors (Lipinski definition) is 1. The summed E-state index contributed by atoms with van der Waals surface area (Å²) in [7, 11) is 0. The van der Waals surface area contributed by atoms with Crippen LogP contribution in [-0.2, 0) is 4.79 Å². The molecular weight excluding hydrogens is 204 g/mol. The Kier molecular flexibility index (Phi) is 6.04. The molecule has 0 aromatic heterocycles. The highest BCUT2D eigenvalue weighted by Crippen LogP contribution is 2.25. The van der Waals surface area contributed by atoms with Crippen LogP contribution in [0.5, 0.6) is 0 Å². The largest absolute Gasteiger partial charge is 0.480 e. The van der Waals surface area contributed by atoms with E-state index in [0.717, 1.165) is 12.3 Å². The van der Waals surface area contributed by atoms with Crippen LogP contribution in [0, 0.1) is 5.92 Å². The van der Waals surface area contributed by atoms with Gasteiger partial charge in [0, 0.05) is 0 Å². The van der Waals surface area contributed by atoms with Crippen molar-refractivity contribution in [3.8, 4) is 0 Å². The molecule has 1 aliphatic rings. The monoisotopic (exact) mass is 226 g/mol. The summed E-state index contributed by atoms with van der Waals surface area (Å²) in [6, 6.07) is -0.700. The second-order valence-corrected chi connectivity index (χ2v) is 4.64. The molecule has 1 atom stereocenters. The van der Waals surface area contributed by atoms with Crippen LogP contribution in [0.25, 0.3) is 0 Å². The highest BCUT2D eigenvalue weighted by atomic mass is 16.4. The number of carboxylic acids is 1. The van der Waals surface area contributed by atoms with Crippen LogP contribution in [0.3, 0.4) is 0 Å². The van der Waals surface area contributed by atoms with Crippen LogP contribution >= 0.6 is 0 Å². The third-order valence-corrected chi connectivity index (χ3v) is 3.22. The fraction of sp³-hybridized carbons (Fsp3) is 0.917. The van der Waals surface area contributed by atoms with Gasteiger partial charge in [0.1, 0.15) is 0 Å². The van der Waals surface area contributed by atoms with E-state index in [1.54, 1.807) is 6.92 Å². The normalized spacial score (nSPS) is 20.8. The van der Waals surface area contributed by atoms with Gasteiger partial charge in [-0.25, -0.2) is 4.79 Å². The number of rotatable bonds is 5. The molecule has 1 rings (SSSR count). The highest BCUT2D eigenvalue weighted by Gasteiger charge is 2.12. The highest BCUT2D eigenvalue weighted by molar-refractivity contribution is 5.72. The number of carbonyl (C=O) groups is 1. The molecule has 0 saturated heterocycles. The third kappa shape index (κ3) is 5.24. The van der Waals surface area contributed by atoms with Crippen molar-refractivity contribution in [2.45, 2.75) is 57.9 Å². The lowest BCUT2D eigenvalue weighted by Gasteiger charge is -2.11. The average Bonchev–Trinajstić information content (AvgIpc) is 2.52. The zero-order valence-corrected chi connectivity index (χ0v) is 10.1. The van der Waals surface area contributed by atoms with E-state index in [0.29, 0.717) is 6.54 Å². The molecule has 16 heavy (non-hydrogen) atoms. The number of nitrogens with zero attached hydrogens (tertiary/aromatic N) is 2. The molecule has 1 N–H and O–H groups in total. The van der Waals surface area contributed by atoms with Gasteiger partial charge in [0.25, 0.3) is 0 Å². The fourth-order valence-electron chi connectivity index (χ4n) is 2.12. The van der Waals surface area contributed by atoms with Gasteiger partial charge in [-0.2, -0.15) is 10.2 Å². The first-order chi connectivity index (χ1) is 7.70. The maximum absolute atomic E-state index is 10.5. The molecule has 0 heterocycles. The molecule has 4 nitrogen and oxygen atoms in total. The van der Waals surface area contributed by atoms with Crippen molar-refractivity contribution >= 4 is 5.97 Å². The Morgan fingerprint density at radius 2 is 1.94 bits per heavy atom. The molecule has 0 aromatic carbocycles. The predicted octanol–water partition coefficient (Wildman–Crippen LogP) is 3.27. The summed E-state index contributed by atoms with van der Waals surface area (Å²) in [5.74, 6) is -0.125. The first-order valence-corrected chi connectivity index (χ1v) is 6.29. The number of aliphatic carboxylic acids is 1. The van der Waals surface area contributed by atoms with E-state index < -0.39 is 12.0 Å². The van der Waals surface area contributed by atoms with E-state index in [1.165, 1.54) is 38.5 Å². The van der Waals surface area contributed by atoms with Crippen LogP contribution in [0.15, 0.2) is 10.2 Å². The molecule has 0 spiro atoms.